The summed E-state index contributed by atoms with van der Waals surface area (Å²) in [5.41, 5.74) is 0.629. The van der Waals surface area contributed by atoms with Crippen LogP contribution in [0, 0.1) is 5.82 Å². The predicted molar refractivity (Wildman–Crippen MR) is 81.3 cm³/mol. The van der Waals surface area contributed by atoms with Crippen molar-refractivity contribution >= 4 is 21.6 Å². The lowest BCUT2D eigenvalue weighted by Crippen LogP contribution is -2.28. The van der Waals surface area contributed by atoms with Gasteiger partial charge in [-0.1, -0.05) is 30.3 Å². The van der Waals surface area contributed by atoms with E-state index in [9.17, 15) is 17.6 Å². The van der Waals surface area contributed by atoms with Crippen molar-refractivity contribution in [1.29, 1.82) is 0 Å². The normalized spacial score (nSPS) is 11.1. The molecule has 2 N–H and O–H groups in total. The van der Waals surface area contributed by atoms with Crippen molar-refractivity contribution in [3.63, 3.8) is 0 Å². The van der Waals surface area contributed by atoms with Crippen LogP contribution in [0.25, 0.3) is 0 Å². The first-order valence-corrected chi connectivity index (χ1v) is 8.06. The van der Waals surface area contributed by atoms with Crippen LogP contribution >= 0.6 is 0 Å². The van der Waals surface area contributed by atoms with E-state index in [1.807, 2.05) is 6.07 Å². The second-order valence-corrected chi connectivity index (χ2v) is 6.23. The maximum Gasteiger partial charge on any atom is 0.243 e. The number of carbonyl (C=O) groups is 1. The summed E-state index contributed by atoms with van der Waals surface area (Å²) in [5, 5.41) is 2.63. The molecule has 0 fully saturated rings. The maximum atomic E-state index is 13.5. The summed E-state index contributed by atoms with van der Waals surface area (Å²) < 4.78 is 39.5. The van der Waals surface area contributed by atoms with Crippen LogP contribution in [0.15, 0.2) is 59.5 Å². The topological polar surface area (TPSA) is 75.3 Å². The molecule has 0 heterocycles. The molecule has 0 aliphatic carbocycles. The molecule has 5 nitrogen and oxygen atoms in total. The summed E-state index contributed by atoms with van der Waals surface area (Å²) in [5.74, 6) is -1.16. The number of carbonyl (C=O) groups excluding carboxylic acids is 1. The fraction of sp³-hybridized carbons (Fsp3) is 0.133. The molecular weight excluding hydrogens is 307 g/mol. The highest BCUT2D eigenvalue weighted by atomic mass is 32.2. The van der Waals surface area contributed by atoms with Crippen LogP contribution in [0.3, 0.4) is 0 Å². The minimum atomic E-state index is -3.96. The van der Waals surface area contributed by atoms with Gasteiger partial charge >= 0.3 is 0 Å². The van der Waals surface area contributed by atoms with Crippen LogP contribution in [0.4, 0.5) is 10.1 Å². The van der Waals surface area contributed by atoms with Gasteiger partial charge in [0.1, 0.15) is 10.7 Å². The largest absolute Gasteiger partial charge is 0.326 e. The quantitative estimate of drug-likeness (QED) is 0.855. The third-order valence-corrected chi connectivity index (χ3v) is 4.32. The van der Waals surface area contributed by atoms with Gasteiger partial charge in [-0.05, 0) is 24.3 Å². The zero-order valence-electron chi connectivity index (χ0n) is 11.6. The van der Waals surface area contributed by atoms with Gasteiger partial charge in [-0.2, -0.15) is 0 Å². The molecule has 0 saturated carbocycles. The number of para-hydroxylation sites is 1. The van der Waals surface area contributed by atoms with Crippen molar-refractivity contribution in [2.24, 2.45) is 0 Å². The van der Waals surface area contributed by atoms with E-state index in [-0.39, 0.29) is 18.9 Å². The van der Waals surface area contributed by atoms with E-state index in [0.29, 0.717) is 5.69 Å². The minimum absolute atomic E-state index is 0.0530. The van der Waals surface area contributed by atoms with Crippen molar-refractivity contribution in [3.05, 3.63) is 60.4 Å². The summed E-state index contributed by atoms with van der Waals surface area (Å²) >= 11 is 0. The monoisotopic (exact) mass is 322 g/mol. The summed E-state index contributed by atoms with van der Waals surface area (Å²) in [6.45, 7) is -0.116. The number of sulfonamides is 1. The SMILES string of the molecule is O=C(CCNS(=O)(=O)c1ccccc1F)Nc1ccccc1. The lowest BCUT2D eigenvalue weighted by atomic mass is 10.3. The van der Waals surface area contributed by atoms with Crippen LogP contribution < -0.4 is 10.0 Å². The number of amides is 1. The van der Waals surface area contributed by atoms with Crippen LogP contribution in [0.1, 0.15) is 6.42 Å². The summed E-state index contributed by atoms with van der Waals surface area (Å²) in [7, 11) is -3.96. The number of rotatable bonds is 6. The molecule has 0 aliphatic heterocycles. The Kier molecular flexibility index (Phi) is 5.24. The molecule has 7 heteroatoms. The van der Waals surface area contributed by atoms with E-state index in [1.165, 1.54) is 18.2 Å². The van der Waals surface area contributed by atoms with E-state index in [0.717, 1.165) is 6.07 Å². The number of anilines is 1. The van der Waals surface area contributed by atoms with Crippen LogP contribution in [-0.2, 0) is 14.8 Å². The van der Waals surface area contributed by atoms with Gasteiger partial charge in [0.25, 0.3) is 0 Å². The number of hydrogen-bond donors (Lipinski definition) is 2. The summed E-state index contributed by atoms with van der Waals surface area (Å²) in [4.78, 5) is 11.2. The molecule has 2 rings (SSSR count). The summed E-state index contributed by atoms with van der Waals surface area (Å²) in [6, 6.07) is 13.9. The van der Waals surface area contributed by atoms with E-state index in [4.69, 9.17) is 0 Å². The van der Waals surface area contributed by atoms with Gasteiger partial charge in [-0.3, -0.25) is 4.79 Å². The molecular formula is C15H15FN2O3S. The molecule has 0 spiro atoms. The third-order valence-electron chi connectivity index (χ3n) is 2.83. The first-order valence-electron chi connectivity index (χ1n) is 6.58. The number of hydrogen-bond acceptors (Lipinski definition) is 3. The fourth-order valence-electron chi connectivity index (χ4n) is 1.78. The van der Waals surface area contributed by atoms with E-state index < -0.39 is 20.7 Å². The second kappa shape index (κ2) is 7.15. The highest BCUT2D eigenvalue weighted by Crippen LogP contribution is 2.13. The van der Waals surface area contributed by atoms with Crippen molar-refractivity contribution in [2.45, 2.75) is 11.3 Å². The number of halogens is 1. The average Bonchev–Trinajstić information content (AvgIpc) is 2.48. The Hall–Kier alpha value is -2.25. The third kappa shape index (κ3) is 4.37. The Morgan fingerprint density at radius 3 is 2.32 bits per heavy atom. The Morgan fingerprint density at radius 1 is 1.00 bits per heavy atom. The molecule has 0 aliphatic rings. The number of benzene rings is 2. The van der Waals surface area contributed by atoms with Gasteiger partial charge in [0.2, 0.25) is 15.9 Å². The smallest absolute Gasteiger partial charge is 0.243 e. The molecule has 0 atom stereocenters. The van der Waals surface area contributed by atoms with Crippen molar-refractivity contribution in [2.75, 3.05) is 11.9 Å². The highest BCUT2D eigenvalue weighted by Gasteiger charge is 2.18. The first-order chi connectivity index (χ1) is 10.5. The Balaban J connectivity index is 1.88. The van der Waals surface area contributed by atoms with E-state index >= 15 is 0 Å². The lowest BCUT2D eigenvalue weighted by Gasteiger charge is -2.08. The standard InChI is InChI=1S/C15H15FN2O3S/c16-13-8-4-5-9-14(13)22(20,21)17-11-10-15(19)18-12-6-2-1-3-7-12/h1-9,17H,10-11H2,(H,18,19). The van der Waals surface area contributed by atoms with Gasteiger partial charge in [0, 0.05) is 18.7 Å². The Labute approximate surface area is 128 Å². The van der Waals surface area contributed by atoms with Crippen molar-refractivity contribution in [3.8, 4) is 0 Å². The van der Waals surface area contributed by atoms with E-state index in [1.54, 1.807) is 24.3 Å². The van der Waals surface area contributed by atoms with Gasteiger partial charge in [0.05, 0.1) is 0 Å². The average molecular weight is 322 g/mol. The van der Waals surface area contributed by atoms with Crippen molar-refractivity contribution < 1.29 is 17.6 Å². The second-order valence-electron chi connectivity index (χ2n) is 4.49. The molecule has 0 unspecified atom stereocenters. The van der Waals surface area contributed by atoms with Crippen LogP contribution in [0.5, 0.6) is 0 Å². The number of nitrogens with one attached hydrogen (secondary N) is 2. The van der Waals surface area contributed by atoms with Crippen molar-refractivity contribution in [1.82, 2.24) is 4.72 Å². The molecule has 0 radical (unpaired) electrons. The van der Waals surface area contributed by atoms with Gasteiger partial charge in [-0.15, -0.1) is 0 Å². The summed E-state index contributed by atoms with van der Waals surface area (Å²) in [6.07, 6.45) is -0.0530. The molecule has 1 amide bonds. The first kappa shape index (κ1) is 16.1. The lowest BCUT2D eigenvalue weighted by molar-refractivity contribution is -0.116. The Morgan fingerprint density at radius 2 is 1.64 bits per heavy atom. The molecule has 22 heavy (non-hydrogen) atoms. The zero-order valence-corrected chi connectivity index (χ0v) is 12.4. The molecule has 2 aromatic rings. The predicted octanol–water partition coefficient (Wildman–Crippen LogP) is 2.13. The molecule has 0 bridgehead atoms. The molecule has 116 valence electrons. The Bertz CT molecular complexity index is 748. The fourth-order valence-corrected chi connectivity index (χ4v) is 2.89. The maximum absolute atomic E-state index is 13.5. The van der Waals surface area contributed by atoms with Gasteiger partial charge in [-0.25, -0.2) is 17.5 Å². The molecule has 0 aromatic heterocycles. The minimum Gasteiger partial charge on any atom is -0.326 e. The molecule has 2 aromatic carbocycles. The van der Waals surface area contributed by atoms with Gasteiger partial charge in [0.15, 0.2) is 0 Å². The van der Waals surface area contributed by atoms with E-state index in [2.05, 4.69) is 10.0 Å². The zero-order chi connectivity index (χ0) is 16.0. The van der Waals surface area contributed by atoms with Crippen LogP contribution in [0.2, 0.25) is 0 Å². The molecule has 0 saturated heterocycles. The highest BCUT2D eigenvalue weighted by molar-refractivity contribution is 7.89. The van der Waals surface area contributed by atoms with Crippen LogP contribution in [-0.4, -0.2) is 20.9 Å². The van der Waals surface area contributed by atoms with Gasteiger partial charge < -0.3 is 5.32 Å².